The average Bonchev–Trinajstić information content (AvgIpc) is 2.82. The smallest absolute Gasteiger partial charge is 0.242 e. The monoisotopic (exact) mass is 257 g/mol. The third-order valence-electron chi connectivity index (χ3n) is 3.34. The lowest BCUT2D eigenvalue weighted by Gasteiger charge is -2.23. The minimum atomic E-state index is -0.593. The van der Waals surface area contributed by atoms with Gasteiger partial charge in [0, 0.05) is 6.54 Å². The molecule has 1 aliphatic rings. The number of hydrogen-bond donors (Lipinski definition) is 3. The van der Waals surface area contributed by atoms with E-state index in [1.54, 1.807) is 4.90 Å². The van der Waals surface area contributed by atoms with Gasteiger partial charge in [-0.1, -0.05) is 13.8 Å². The Kier molecular flexibility index (Phi) is 5.55. The van der Waals surface area contributed by atoms with Crippen molar-refractivity contribution in [2.75, 3.05) is 19.7 Å². The van der Waals surface area contributed by atoms with Crippen LogP contribution in [0.25, 0.3) is 0 Å². The number of nitrogens with zero attached hydrogens (tertiary/aromatic N) is 1. The molecule has 4 N–H and O–H groups in total. The number of nitrogens with one attached hydrogen (secondary N) is 1. The highest BCUT2D eigenvalue weighted by Crippen LogP contribution is 2.16. The summed E-state index contributed by atoms with van der Waals surface area (Å²) < 4.78 is 0. The molecule has 0 aliphatic carbocycles. The van der Waals surface area contributed by atoms with Crippen molar-refractivity contribution in [3.05, 3.63) is 0 Å². The van der Waals surface area contributed by atoms with Gasteiger partial charge < -0.3 is 21.1 Å². The first-order valence-corrected chi connectivity index (χ1v) is 6.41. The van der Waals surface area contributed by atoms with Crippen LogP contribution < -0.4 is 11.1 Å². The number of carbonyl (C=O) groups excluding carboxylic acids is 2. The van der Waals surface area contributed by atoms with Gasteiger partial charge in [0.05, 0.1) is 25.2 Å². The Labute approximate surface area is 108 Å². The van der Waals surface area contributed by atoms with Gasteiger partial charge in [-0.15, -0.1) is 0 Å². The number of nitrogens with two attached hydrogens (primary N) is 1. The van der Waals surface area contributed by atoms with Gasteiger partial charge in [-0.3, -0.25) is 9.59 Å². The van der Waals surface area contributed by atoms with E-state index in [-0.39, 0.29) is 36.9 Å². The quantitative estimate of drug-likeness (QED) is 0.593. The van der Waals surface area contributed by atoms with E-state index in [2.05, 4.69) is 5.32 Å². The molecule has 1 rings (SSSR count). The normalized spacial score (nSPS) is 21.2. The maximum Gasteiger partial charge on any atom is 0.242 e. The third-order valence-corrected chi connectivity index (χ3v) is 3.34. The van der Waals surface area contributed by atoms with Crippen LogP contribution in [0.15, 0.2) is 0 Å². The molecule has 2 atom stereocenters. The van der Waals surface area contributed by atoms with Gasteiger partial charge in [0.1, 0.15) is 0 Å². The predicted molar refractivity (Wildman–Crippen MR) is 67.6 cm³/mol. The molecule has 1 unspecified atom stereocenters. The zero-order valence-electron chi connectivity index (χ0n) is 11.1. The molecule has 2 amide bonds. The van der Waals surface area contributed by atoms with Gasteiger partial charge in [0.15, 0.2) is 0 Å². The third kappa shape index (κ3) is 3.68. The number of amides is 2. The first kappa shape index (κ1) is 14.9. The number of likely N-dealkylation sites (tertiary alicyclic amines) is 1. The standard InChI is InChI=1S/C12H23N3O3/c1-8(2)11(13)12(18)14-6-10(17)15-5-3-4-9(15)7-16/h8-9,11,16H,3-7,13H2,1-2H3,(H,14,18)/t9?,11-/m0/s1. The molecule has 0 aromatic carbocycles. The number of rotatable bonds is 5. The van der Waals surface area contributed by atoms with E-state index in [1.165, 1.54) is 0 Å². The fraction of sp³-hybridized carbons (Fsp3) is 0.833. The van der Waals surface area contributed by atoms with Gasteiger partial charge in [-0.2, -0.15) is 0 Å². The Balaban J connectivity index is 2.39. The fourth-order valence-corrected chi connectivity index (χ4v) is 2.04. The molecular formula is C12H23N3O3. The van der Waals surface area contributed by atoms with Crippen LogP contribution in [0.1, 0.15) is 26.7 Å². The molecular weight excluding hydrogens is 234 g/mol. The van der Waals surface area contributed by atoms with Crippen LogP contribution in [0.4, 0.5) is 0 Å². The number of aliphatic hydroxyl groups excluding tert-OH is 1. The van der Waals surface area contributed by atoms with Gasteiger partial charge >= 0.3 is 0 Å². The highest BCUT2D eigenvalue weighted by Gasteiger charge is 2.28. The van der Waals surface area contributed by atoms with Gasteiger partial charge in [0.25, 0.3) is 0 Å². The Hall–Kier alpha value is -1.14. The summed E-state index contributed by atoms with van der Waals surface area (Å²) >= 11 is 0. The molecule has 1 saturated heterocycles. The highest BCUT2D eigenvalue weighted by molar-refractivity contribution is 5.87. The number of carbonyl (C=O) groups is 2. The summed E-state index contributed by atoms with van der Waals surface area (Å²) in [6.07, 6.45) is 1.72. The lowest BCUT2D eigenvalue weighted by molar-refractivity contribution is -0.134. The summed E-state index contributed by atoms with van der Waals surface area (Å²) in [4.78, 5) is 25.1. The molecule has 6 heteroatoms. The van der Waals surface area contributed by atoms with Crippen molar-refractivity contribution in [1.82, 2.24) is 10.2 Å². The zero-order chi connectivity index (χ0) is 13.7. The second kappa shape index (κ2) is 6.70. The van der Waals surface area contributed by atoms with Crippen LogP contribution in [0, 0.1) is 5.92 Å². The Morgan fingerprint density at radius 2 is 2.17 bits per heavy atom. The van der Waals surface area contributed by atoms with E-state index in [1.807, 2.05) is 13.8 Å². The molecule has 1 heterocycles. The van der Waals surface area contributed by atoms with Crippen molar-refractivity contribution < 1.29 is 14.7 Å². The maximum absolute atomic E-state index is 11.9. The van der Waals surface area contributed by atoms with Gasteiger partial charge in [-0.25, -0.2) is 0 Å². The van der Waals surface area contributed by atoms with E-state index >= 15 is 0 Å². The Morgan fingerprint density at radius 1 is 1.50 bits per heavy atom. The summed E-state index contributed by atoms with van der Waals surface area (Å²) in [5, 5.41) is 11.7. The molecule has 0 aromatic heterocycles. The van der Waals surface area contributed by atoms with Crippen molar-refractivity contribution in [2.24, 2.45) is 11.7 Å². The second-order valence-electron chi connectivity index (χ2n) is 5.05. The lowest BCUT2D eigenvalue weighted by atomic mass is 10.1. The Morgan fingerprint density at radius 3 is 2.72 bits per heavy atom. The average molecular weight is 257 g/mol. The van der Waals surface area contributed by atoms with E-state index in [9.17, 15) is 9.59 Å². The second-order valence-corrected chi connectivity index (χ2v) is 5.05. The molecule has 1 fully saturated rings. The van der Waals surface area contributed by atoms with Crippen molar-refractivity contribution >= 4 is 11.8 Å². The van der Waals surface area contributed by atoms with E-state index in [4.69, 9.17) is 10.8 Å². The van der Waals surface area contributed by atoms with Crippen LogP contribution in [0.5, 0.6) is 0 Å². The van der Waals surface area contributed by atoms with Crippen LogP contribution in [0.2, 0.25) is 0 Å². The summed E-state index contributed by atoms with van der Waals surface area (Å²) in [6.45, 7) is 4.29. The van der Waals surface area contributed by atoms with E-state index < -0.39 is 6.04 Å². The molecule has 104 valence electrons. The molecule has 0 spiro atoms. The molecule has 0 aromatic rings. The summed E-state index contributed by atoms with van der Waals surface area (Å²) in [7, 11) is 0. The largest absolute Gasteiger partial charge is 0.394 e. The number of hydrogen-bond acceptors (Lipinski definition) is 4. The summed E-state index contributed by atoms with van der Waals surface area (Å²) in [6, 6.07) is -0.696. The van der Waals surface area contributed by atoms with E-state index in [0.29, 0.717) is 6.54 Å². The van der Waals surface area contributed by atoms with Crippen molar-refractivity contribution in [1.29, 1.82) is 0 Å². The highest BCUT2D eigenvalue weighted by atomic mass is 16.3. The minimum Gasteiger partial charge on any atom is -0.394 e. The van der Waals surface area contributed by atoms with Crippen LogP contribution in [-0.4, -0.2) is 53.6 Å². The van der Waals surface area contributed by atoms with Crippen LogP contribution in [0.3, 0.4) is 0 Å². The maximum atomic E-state index is 11.9. The molecule has 0 radical (unpaired) electrons. The topological polar surface area (TPSA) is 95.7 Å². The van der Waals surface area contributed by atoms with Crippen molar-refractivity contribution in [2.45, 2.75) is 38.8 Å². The van der Waals surface area contributed by atoms with Crippen LogP contribution >= 0.6 is 0 Å². The minimum absolute atomic E-state index is 0.0226. The zero-order valence-corrected chi connectivity index (χ0v) is 11.1. The van der Waals surface area contributed by atoms with Crippen molar-refractivity contribution in [3.8, 4) is 0 Å². The fourth-order valence-electron chi connectivity index (χ4n) is 2.04. The van der Waals surface area contributed by atoms with Gasteiger partial charge in [0.2, 0.25) is 11.8 Å². The molecule has 0 saturated carbocycles. The van der Waals surface area contributed by atoms with Crippen LogP contribution in [-0.2, 0) is 9.59 Å². The molecule has 18 heavy (non-hydrogen) atoms. The number of aliphatic hydroxyl groups is 1. The predicted octanol–water partition coefficient (Wildman–Crippen LogP) is -0.931. The molecule has 6 nitrogen and oxygen atoms in total. The summed E-state index contributed by atoms with van der Waals surface area (Å²) in [5.74, 6) is -0.425. The first-order valence-electron chi connectivity index (χ1n) is 6.41. The molecule has 1 aliphatic heterocycles. The van der Waals surface area contributed by atoms with Gasteiger partial charge in [-0.05, 0) is 18.8 Å². The van der Waals surface area contributed by atoms with Crippen molar-refractivity contribution in [3.63, 3.8) is 0 Å². The summed E-state index contributed by atoms with van der Waals surface area (Å²) in [5.41, 5.74) is 5.68. The first-order chi connectivity index (χ1) is 8.47. The SMILES string of the molecule is CC(C)[C@H](N)C(=O)NCC(=O)N1CCCC1CO. The van der Waals surface area contributed by atoms with E-state index in [0.717, 1.165) is 12.8 Å². The Bertz CT molecular complexity index is 307. The molecule has 0 bridgehead atoms. The lowest BCUT2D eigenvalue weighted by Crippen LogP contribution is -2.49.